The van der Waals surface area contributed by atoms with Gasteiger partial charge >= 0.3 is 5.97 Å². The third-order valence-electron chi connectivity index (χ3n) is 3.14. The minimum absolute atomic E-state index is 0.298. The van der Waals surface area contributed by atoms with Crippen LogP contribution in [0, 0.1) is 5.92 Å². The zero-order chi connectivity index (χ0) is 10.9. The van der Waals surface area contributed by atoms with Crippen molar-refractivity contribution in [1.82, 2.24) is 0 Å². The van der Waals surface area contributed by atoms with Crippen LogP contribution in [0.25, 0.3) is 0 Å². The number of unbranched alkanes of at least 4 members (excludes halogenated alkanes) is 1. The van der Waals surface area contributed by atoms with E-state index in [4.69, 9.17) is 4.74 Å². The molecule has 0 bridgehead atoms. The lowest BCUT2D eigenvalue weighted by Gasteiger charge is -2.21. The Labute approximate surface area is 92.7 Å². The molecule has 0 aromatic rings. The van der Waals surface area contributed by atoms with Crippen molar-refractivity contribution in [3.05, 3.63) is 12.7 Å². The fourth-order valence-corrected chi connectivity index (χ4v) is 2.24. The highest BCUT2D eigenvalue weighted by Gasteiger charge is 2.12. The molecule has 0 unspecified atom stereocenters. The molecular weight excluding hydrogens is 188 g/mol. The number of rotatable bonds is 6. The summed E-state index contributed by atoms with van der Waals surface area (Å²) >= 11 is 0. The van der Waals surface area contributed by atoms with E-state index in [2.05, 4.69) is 6.58 Å². The standard InChI is InChI=1S/C13H22O2/c1-2-13(14)15-11-7-6-10-12-8-4-3-5-9-12/h2,12H,1,3-11H2. The lowest BCUT2D eigenvalue weighted by molar-refractivity contribution is -0.137. The summed E-state index contributed by atoms with van der Waals surface area (Å²) < 4.78 is 4.92. The van der Waals surface area contributed by atoms with E-state index in [9.17, 15) is 4.79 Å². The Bertz CT molecular complexity index is 193. The van der Waals surface area contributed by atoms with Crippen LogP contribution >= 0.6 is 0 Å². The highest BCUT2D eigenvalue weighted by Crippen LogP contribution is 2.27. The molecule has 1 rings (SSSR count). The molecule has 0 aromatic heterocycles. The predicted octanol–water partition coefficient (Wildman–Crippen LogP) is 3.47. The molecule has 0 radical (unpaired) electrons. The summed E-state index contributed by atoms with van der Waals surface area (Å²) in [7, 11) is 0. The fourth-order valence-electron chi connectivity index (χ4n) is 2.24. The lowest BCUT2D eigenvalue weighted by Crippen LogP contribution is -2.07. The molecule has 1 saturated carbocycles. The van der Waals surface area contributed by atoms with E-state index in [0.29, 0.717) is 6.61 Å². The van der Waals surface area contributed by atoms with Crippen LogP contribution in [0.2, 0.25) is 0 Å². The first-order chi connectivity index (χ1) is 7.33. The largest absolute Gasteiger partial charge is 0.463 e. The topological polar surface area (TPSA) is 26.3 Å². The zero-order valence-electron chi connectivity index (χ0n) is 9.54. The second-order valence-corrected chi connectivity index (χ2v) is 4.37. The van der Waals surface area contributed by atoms with E-state index in [1.165, 1.54) is 51.0 Å². The van der Waals surface area contributed by atoms with Crippen LogP contribution in [0.1, 0.15) is 51.4 Å². The first kappa shape index (κ1) is 12.3. The molecule has 0 aromatic carbocycles. The van der Waals surface area contributed by atoms with E-state index in [0.717, 1.165) is 12.3 Å². The molecule has 15 heavy (non-hydrogen) atoms. The summed E-state index contributed by atoms with van der Waals surface area (Å²) in [5, 5.41) is 0. The van der Waals surface area contributed by atoms with Crippen LogP contribution in [-0.2, 0) is 9.53 Å². The molecule has 0 amide bonds. The third-order valence-corrected chi connectivity index (χ3v) is 3.14. The monoisotopic (exact) mass is 210 g/mol. The van der Waals surface area contributed by atoms with E-state index < -0.39 is 0 Å². The second-order valence-electron chi connectivity index (χ2n) is 4.37. The lowest BCUT2D eigenvalue weighted by atomic mass is 9.86. The summed E-state index contributed by atoms with van der Waals surface area (Å²) in [6.45, 7) is 3.91. The molecule has 1 aliphatic carbocycles. The Morgan fingerprint density at radius 1 is 1.27 bits per heavy atom. The van der Waals surface area contributed by atoms with Gasteiger partial charge in [-0.25, -0.2) is 4.79 Å². The fraction of sp³-hybridized carbons (Fsp3) is 0.769. The molecular formula is C13H22O2. The quantitative estimate of drug-likeness (QED) is 0.381. The first-order valence-corrected chi connectivity index (χ1v) is 6.12. The number of carbonyl (C=O) groups is 1. The summed E-state index contributed by atoms with van der Waals surface area (Å²) in [5.74, 6) is 0.640. The van der Waals surface area contributed by atoms with E-state index >= 15 is 0 Å². The Balaban J connectivity index is 1.91. The molecule has 1 aliphatic rings. The Hall–Kier alpha value is -0.790. The molecule has 0 heterocycles. The van der Waals surface area contributed by atoms with Gasteiger partial charge in [-0.3, -0.25) is 0 Å². The van der Waals surface area contributed by atoms with Crippen molar-refractivity contribution in [1.29, 1.82) is 0 Å². The molecule has 0 atom stereocenters. The molecule has 0 saturated heterocycles. The second kappa shape index (κ2) is 7.49. The zero-order valence-corrected chi connectivity index (χ0v) is 9.54. The van der Waals surface area contributed by atoms with Crippen LogP contribution in [0.4, 0.5) is 0 Å². The third kappa shape index (κ3) is 5.60. The van der Waals surface area contributed by atoms with E-state index in [1.54, 1.807) is 0 Å². The van der Waals surface area contributed by atoms with Gasteiger partial charge in [0.1, 0.15) is 0 Å². The number of esters is 1. The van der Waals surface area contributed by atoms with Crippen molar-refractivity contribution in [3.8, 4) is 0 Å². The number of ether oxygens (including phenoxy) is 1. The molecule has 0 aliphatic heterocycles. The van der Waals surface area contributed by atoms with Crippen molar-refractivity contribution < 1.29 is 9.53 Å². The molecule has 0 spiro atoms. The molecule has 2 heteroatoms. The summed E-state index contributed by atoms with van der Waals surface area (Å²) in [6, 6.07) is 0. The average molecular weight is 210 g/mol. The maximum absolute atomic E-state index is 10.7. The highest BCUT2D eigenvalue weighted by molar-refractivity contribution is 5.81. The minimum Gasteiger partial charge on any atom is -0.463 e. The van der Waals surface area contributed by atoms with Gasteiger partial charge in [-0.2, -0.15) is 0 Å². The molecule has 1 fully saturated rings. The van der Waals surface area contributed by atoms with Crippen LogP contribution in [-0.4, -0.2) is 12.6 Å². The van der Waals surface area contributed by atoms with E-state index in [-0.39, 0.29) is 5.97 Å². The average Bonchev–Trinajstić information content (AvgIpc) is 2.29. The van der Waals surface area contributed by atoms with Crippen LogP contribution in [0.5, 0.6) is 0 Å². The summed E-state index contributed by atoms with van der Waals surface area (Å²) in [6.07, 6.45) is 11.8. The van der Waals surface area contributed by atoms with Crippen molar-refractivity contribution in [2.24, 2.45) is 5.92 Å². The Morgan fingerprint density at radius 3 is 2.67 bits per heavy atom. The molecule has 86 valence electrons. The van der Waals surface area contributed by atoms with Crippen molar-refractivity contribution in [2.45, 2.75) is 51.4 Å². The van der Waals surface area contributed by atoms with Gasteiger partial charge in [0, 0.05) is 6.08 Å². The van der Waals surface area contributed by atoms with Gasteiger partial charge in [-0.1, -0.05) is 45.1 Å². The maximum atomic E-state index is 10.7. The van der Waals surface area contributed by atoms with Gasteiger partial charge in [0.05, 0.1) is 6.61 Å². The van der Waals surface area contributed by atoms with Gasteiger partial charge in [-0.15, -0.1) is 0 Å². The Morgan fingerprint density at radius 2 is 2.00 bits per heavy atom. The minimum atomic E-state index is -0.298. The number of hydrogen-bond acceptors (Lipinski definition) is 2. The van der Waals surface area contributed by atoms with Crippen LogP contribution in [0.3, 0.4) is 0 Å². The van der Waals surface area contributed by atoms with Crippen molar-refractivity contribution in [2.75, 3.05) is 6.61 Å². The smallest absolute Gasteiger partial charge is 0.330 e. The first-order valence-electron chi connectivity index (χ1n) is 6.12. The molecule has 2 nitrogen and oxygen atoms in total. The van der Waals surface area contributed by atoms with Crippen LogP contribution in [0.15, 0.2) is 12.7 Å². The van der Waals surface area contributed by atoms with Gasteiger partial charge in [0.15, 0.2) is 0 Å². The summed E-state index contributed by atoms with van der Waals surface area (Å²) in [5.41, 5.74) is 0. The number of hydrogen-bond donors (Lipinski definition) is 0. The van der Waals surface area contributed by atoms with Gasteiger partial charge in [-0.05, 0) is 18.8 Å². The SMILES string of the molecule is C=CC(=O)OCCCCC1CCCCC1. The van der Waals surface area contributed by atoms with E-state index in [1.807, 2.05) is 0 Å². The highest BCUT2D eigenvalue weighted by atomic mass is 16.5. The van der Waals surface area contributed by atoms with Crippen LogP contribution < -0.4 is 0 Å². The maximum Gasteiger partial charge on any atom is 0.330 e. The molecule has 0 N–H and O–H groups in total. The van der Waals surface area contributed by atoms with Gasteiger partial charge in [0.2, 0.25) is 0 Å². The van der Waals surface area contributed by atoms with Gasteiger partial charge in [0.25, 0.3) is 0 Å². The van der Waals surface area contributed by atoms with Gasteiger partial charge < -0.3 is 4.74 Å². The van der Waals surface area contributed by atoms with Crippen molar-refractivity contribution >= 4 is 5.97 Å². The predicted molar refractivity (Wildman–Crippen MR) is 61.6 cm³/mol. The summed E-state index contributed by atoms with van der Waals surface area (Å²) in [4.78, 5) is 10.7. The normalized spacial score (nSPS) is 17.3. The number of carbonyl (C=O) groups excluding carboxylic acids is 1. The Kier molecular flexibility index (Phi) is 6.14. The van der Waals surface area contributed by atoms with Crippen molar-refractivity contribution in [3.63, 3.8) is 0 Å².